The number of anilines is 1. The molecule has 0 atom stereocenters. The van der Waals surface area contributed by atoms with Crippen molar-refractivity contribution in [2.45, 2.75) is 12.6 Å². The minimum absolute atomic E-state index is 0.00183. The molecule has 190 valence electrons. The van der Waals surface area contributed by atoms with E-state index in [1.54, 1.807) is 30.5 Å². The largest absolute Gasteiger partial charge is 0.481 e. The second kappa shape index (κ2) is 8.91. The predicted molar refractivity (Wildman–Crippen MR) is 129 cm³/mol. The third-order valence-electron chi connectivity index (χ3n) is 6.15. The fraction of sp³-hybridized carbons (Fsp3) is 0.154. The van der Waals surface area contributed by atoms with Gasteiger partial charge in [0.1, 0.15) is 11.4 Å². The monoisotopic (exact) mass is 518 g/mol. The maximum atomic E-state index is 13.4. The van der Waals surface area contributed by atoms with Crippen molar-refractivity contribution >= 4 is 22.5 Å². The van der Waals surface area contributed by atoms with Gasteiger partial charge < -0.3 is 9.15 Å². The molecule has 0 saturated heterocycles. The maximum Gasteiger partial charge on any atom is 0.434 e. The molecule has 12 heteroatoms. The molecular weight excluding hydrogens is 501 g/mol. The summed E-state index contributed by atoms with van der Waals surface area (Å²) in [5, 5.41) is 1.57. The van der Waals surface area contributed by atoms with Crippen molar-refractivity contribution in [3.05, 3.63) is 78.1 Å². The lowest BCUT2D eigenvalue weighted by Crippen LogP contribution is -2.38. The minimum Gasteiger partial charge on any atom is -0.481 e. The molecular formula is C26H17F3N6O3. The van der Waals surface area contributed by atoms with Gasteiger partial charge in [-0.15, -0.1) is 0 Å². The van der Waals surface area contributed by atoms with E-state index in [9.17, 15) is 18.0 Å². The number of carbonyl (C=O) groups is 1. The summed E-state index contributed by atoms with van der Waals surface area (Å²) in [5.41, 5.74) is 0.495. The highest BCUT2D eigenvalue weighted by molar-refractivity contribution is 6.07. The van der Waals surface area contributed by atoms with E-state index in [0.717, 1.165) is 22.5 Å². The Bertz CT molecular complexity index is 1680. The van der Waals surface area contributed by atoms with Gasteiger partial charge in [-0.2, -0.15) is 18.2 Å². The number of ether oxygens (including phenoxy) is 1. The van der Waals surface area contributed by atoms with E-state index in [4.69, 9.17) is 9.15 Å². The van der Waals surface area contributed by atoms with Crippen LogP contribution in [-0.2, 0) is 12.6 Å². The number of rotatable bonds is 4. The molecule has 1 amide bonds. The van der Waals surface area contributed by atoms with E-state index in [2.05, 4.69) is 24.9 Å². The summed E-state index contributed by atoms with van der Waals surface area (Å²) in [6.07, 6.45) is 0.554. The molecule has 5 aromatic rings. The zero-order valence-electron chi connectivity index (χ0n) is 19.7. The average Bonchev–Trinajstić information content (AvgIpc) is 3.37. The third-order valence-corrected chi connectivity index (χ3v) is 6.15. The van der Waals surface area contributed by atoms with E-state index in [1.165, 1.54) is 18.2 Å². The van der Waals surface area contributed by atoms with Crippen molar-refractivity contribution < 1.29 is 27.1 Å². The lowest BCUT2D eigenvalue weighted by Gasteiger charge is -2.26. The predicted octanol–water partition coefficient (Wildman–Crippen LogP) is 4.97. The number of carbonyl (C=O) groups excluding carboxylic acids is 1. The standard InChI is InChI=1S/C26H17F3N6O3/c1-37-24-17-5-4-16(11-15(17)6-9-31-24)23-34-22(35-10-7-14-3-2-8-30-20(14)25(35)36)21(38-23)18-12-33-19(13-32-18)26(27,28)29/h2-6,8-9,11-13H,7,10H2,1H3. The van der Waals surface area contributed by atoms with Gasteiger partial charge in [0.05, 0.1) is 19.5 Å². The van der Waals surface area contributed by atoms with Crippen LogP contribution in [0.25, 0.3) is 33.7 Å². The van der Waals surface area contributed by atoms with Crippen molar-refractivity contribution in [1.29, 1.82) is 0 Å². The number of aromatic nitrogens is 5. The van der Waals surface area contributed by atoms with Crippen molar-refractivity contribution in [2.75, 3.05) is 18.6 Å². The summed E-state index contributed by atoms with van der Waals surface area (Å²) < 4.78 is 50.6. The Balaban J connectivity index is 1.48. The number of hydrogen-bond acceptors (Lipinski definition) is 8. The molecule has 0 radical (unpaired) electrons. The summed E-state index contributed by atoms with van der Waals surface area (Å²) in [6.45, 7) is 0.269. The second-order valence-electron chi connectivity index (χ2n) is 8.43. The molecule has 38 heavy (non-hydrogen) atoms. The van der Waals surface area contributed by atoms with Crippen molar-refractivity contribution in [1.82, 2.24) is 24.9 Å². The summed E-state index contributed by atoms with van der Waals surface area (Å²) >= 11 is 0. The number of alkyl halides is 3. The van der Waals surface area contributed by atoms with E-state index in [1.807, 2.05) is 12.1 Å². The molecule has 9 nitrogen and oxygen atoms in total. The van der Waals surface area contributed by atoms with Gasteiger partial charge in [-0.3, -0.25) is 14.7 Å². The lowest BCUT2D eigenvalue weighted by atomic mass is 10.0. The molecule has 0 bridgehead atoms. The molecule has 6 rings (SSSR count). The Labute approximate surface area is 213 Å². The lowest BCUT2D eigenvalue weighted by molar-refractivity contribution is -0.141. The maximum absolute atomic E-state index is 13.4. The van der Waals surface area contributed by atoms with Crippen molar-refractivity contribution in [2.24, 2.45) is 0 Å². The molecule has 0 aliphatic carbocycles. The molecule has 5 heterocycles. The van der Waals surface area contributed by atoms with Crippen LogP contribution in [0.1, 0.15) is 21.7 Å². The van der Waals surface area contributed by atoms with Gasteiger partial charge in [0.2, 0.25) is 11.8 Å². The van der Waals surface area contributed by atoms with Gasteiger partial charge in [0.15, 0.2) is 17.3 Å². The van der Waals surface area contributed by atoms with Crippen molar-refractivity contribution in [3.63, 3.8) is 0 Å². The number of amides is 1. The van der Waals surface area contributed by atoms with E-state index < -0.39 is 17.8 Å². The average molecular weight is 518 g/mol. The molecule has 0 saturated carbocycles. The van der Waals surface area contributed by atoms with Crippen LogP contribution in [0.3, 0.4) is 0 Å². The van der Waals surface area contributed by atoms with Gasteiger partial charge in [-0.1, -0.05) is 6.07 Å². The highest BCUT2D eigenvalue weighted by atomic mass is 19.4. The Morgan fingerprint density at radius 1 is 1.03 bits per heavy atom. The van der Waals surface area contributed by atoms with E-state index >= 15 is 0 Å². The van der Waals surface area contributed by atoms with Crippen LogP contribution in [0.15, 0.2) is 65.6 Å². The number of pyridine rings is 2. The first-order valence-electron chi connectivity index (χ1n) is 11.4. The first kappa shape index (κ1) is 23.5. The number of methoxy groups -OCH3 is 1. The van der Waals surface area contributed by atoms with Crippen LogP contribution in [0, 0.1) is 0 Å². The molecule has 1 aliphatic rings. The fourth-order valence-electron chi connectivity index (χ4n) is 4.32. The van der Waals surface area contributed by atoms with Crippen LogP contribution < -0.4 is 9.64 Å². The molecule has 1 aliphatic heterocycles. The Morgan fingerprint density at radius 2 is 1.89 bits per heavy atom. The molecule has 4 aromatic heterocycles. The van der Waals surface area contributed by atoms with Crippen LogP contribution >= 0.6 is 0 Å². The second-order valence-corrected chi connectivity index (χ2v) is 8.43. The van der Waals surface area contributed by atoms with E-state index in [0.29, 0.717) is 24.1 Å². The number of halogens is 3. The van der Waals surface area contributed by atoms with Crippen LogP contribution in [-0.4, -0.2) is 44.5 Å². The minimum atomic E-state index is -4.65. The summed E-state index contributed by atoms with van der Waals surface area (Å²) in [5.74, 6) is 0.327. The number of hydrogen-bond donors (Lipinski definition) is 0. The van der Waals surface area contributed by atoms with Crippen LogP contribution in [0.2, 0.25) is 0 Å². The highest BCUT2D eigenvalue weighted by Gasteiger charge is 2.35. The van der Waals surface area contributed by atoms with Gasteiger partial charge in [-0.25, -0.2) is 15.0 Å². The molecule has 0 N–H and O–H groups in total. The number of oxazole rings is 1. The Kier molecular flexibility index (Phi) is 5.51. The SMILES string of the molecule is COc1nccc2cc(-c3nc(N4CCc5cccnc5C4=O)c(-c4cnc(C(F)(F)F)cn4)o3)ccc12. The number of nitrogens with zero attached hydrogens (tertiary/aromatic N) is 6. The van der Waals surface area contributed by atoms with Gasteiger partial charge in [0, 0.05) is 29.9 Å². The first-order valence-corrected chi connectivity index (χ1v) is 11.4. The molecule has 0 unspecified atom stereocenters. The Hall–Kier alpha value is -4.87. The normalized spacial score (nSPS) is 13.6. The van der Waals surface area contributed by atoms with Gasteiger partial charge in [0.25, 0.3) is 5.91 Å². The van der Waals surface area contributed by atoms with E-state index in [-0.39, 0.29) is 35.4 Å². The summed E-state index contributed by atoms with van der Waals surface area (Å²) in [4.78, 5) is 35.2. The zero-order chi connectivity index (χ0) is 26.4. The van der Waals surface area contributed by atoms with Crippen LogP contribution in [0.4, 0.5) is 19.0 Å². The Morgan fingerprint density at radius 3 is 2.66 bits per heavy atom. The molecule has 0 spiro atoms. The van der Waals surface area contributed by atoms with Crippen LogP contribution in [0.5, 0.6) is 5.88 Å². The summed E-state index contributed by atoms with van der Waals surface area (Å²) in [7, 11) is 1.52. The topological polar surface area (TPSA) is 107 Å². The molecule has 0 fully saturated rings. The number of benzene rings is 1. The zero-order valence-corrected chi connectivity index (χ0v) is 19.7. The van der Waals surface area contributed by atoms with Gasteiger partial charge >= 0.3 is 6.18 Å². The highest BCUT2D eigenvalue weighted by Crippen LogP contribution is 2.38. The van der Waals surface area contributed by atoms with Crippen molar-refractivity contribution in [3.8, 4) is 28.8 Å². The number of fused-ring (bicyclic) bond motifs is 2. The quantitative estimate of drug-likeness (QED) is 0.328. The van der Waals surface area contributed by atoms with Gasteiger partial charge in [-0.05, 0) is 47.7 Å². The summed E-state index contributed by atoms with van der Waals surface area (Å²) in [6, 6.07) is 10.7. The smallest absolute Gasteiger partial charge is 0.434 e. The first-order chi connectivity index (χ1) is 18.3. The fourth-order valence-corrected chi connectivity index (χ4v) is 4.32. The molecule has 1 aromatic carbocycles. The third kappa shape index (κ3) is 3.99.